The maximum absolute atomic E-state index is 12.9. The molecule has 0 spiro atoms. The van der Waals surface area contributed by atoms with E-state index in [-0.39, 0.29) is 12.5 Å². The third-order valence-corrected chi connectivity index (χ3v) is 3.54. The van der Waals surface area contributed by atoms with Gasteiger partial charge >= 0.3 is 6.18 Å². The molecule has 0 bridgehead atoms. The Hall–Kier alpha value is -1.34. The van der Waals surface area contributed by atoms with E-state index in [9.17, 15) is 13.2 Å². The number of pyridine rings is 1. The number of aryl methyl sites for hydroxylation is 1. The predicted molar refractivity (Wildman–Crippen MR) is 84.8 cm³/mol. The Bertz CT molecular complexity index is 472. The smallest absolute Gasteiger partial charge is 0.421 e. The first-order chi connectivity index (χ1) is 10.9. The molecule has 0 amide bonds. The molecule has 1 aliphatic heterocycles. The van der Waals surface area contributed by atoms with E-state index in [4.69, 9.17) is 4.74 Å². The Morgan fingerprint density at radius 3 is 2.35 bits per heavy atom. The molecule has 0 aromatic carbocycles. The van der Waals surface area contributed by atoms with E-state index in [0.29, 0.717) is 12.1 Å². The average molecular weight is 333 g/mol. The van der Waals surface area contributed by atoms with Crippen LogP contribution in [0.1, 0.15) is 25.0 Å². The van der Waals surface area contributed by atoms with Crippen LogP contribution >= 0.6 is 0 Å². The Balaban J connectivity index is 0.00000127. The molecule has 2 heterocycles. The van der Waals surface area contributed by atoms with Gasteiger partial charge in [0, 0.05) is 38.9 Å². The minimum absolute atomic E-state index is 0.211. The Kier molecular flexibility index (Phi) is 7.78. The van der Waals surface area contributed by atoms with Gasteiger partial charge < -0.3 is 9.64 Å². The quantitative estimate of drug-likeness (QED) is 0.847. The van der Waals surface area contributed by atoms with Crippen LogP contribution in [0.5, 0.6) is 5.88 Å². The first-order valence-corrected chi connectivity index (χ1v) is 7.94. The predicted octanol–water partition coefficient (Wildman–Crippen LogP) is 3.06. The van der Waals surface area contributed by atoms with E-state index in [2.05, 4.69) is 21.8 Å². The molecule has 0 atom stereocenters. The second kappa shape index (κ2) is 9.08. The molecule has 1 aromatic rings. The number of aromatic nitrogens is 1. The van der Waals surface area contributed by atoms with E-state index in [1.165, 1.54) is 6.20 Å². The number of piperazine rings is 1. The fraction of sp³-hybridized carbons (Fsp3) is 0.688. The van der Waals surface area contributed by atoms with Crippen molar-refractivity contribution in [3.63, 3.8) is 0 Å². The molecule has 1 fully saturated rings. The first kappa shape index (κ1) is 19.7. The largest absolute Gasteiger partial charge is 0.476 e. The van der Waals surface area contributed by atoms with E-state index in [0.717, 1.165) is 32.2 Å². The third-order valence-electron chi connectivity index (χ3n) is 3.54. The summed E-state index contributed by atoms with van der Waals surface area (Å²) >= 11 is 0. The van der Waals surface area contributed by atoms with Crippen molar-refractivity contribution in [1.29, 1.82) is 0 Å². The Labute approximate surface area is 136 Å². The number of hydrogen-bond donors (Lipinski definition) is 0. The third kappa shape index (κ3) is 6.35. The number of nitrogens with zero attached hydrogens (tertiary/aromatic N) is 3. The van der Waals surface area contributed by atoms with Crippen LogP contribution in [-0.2, 0) is 6.18 Å². The maximum atomic E-state index is 12.9. The molecule has 1 aliphatic rings. The van der Waals surface area contributed by atoms with Gasteiger partial charge in [0.25, 0.3) is 0 Å². The summed E-state index contributed by atoms with van der Waals surface area (Å²) in [5.41, 5.74) is -0.338. The van der Waals surface area contributed by atoms with Crippen LogP contribution in [0.3, 0.4) is 0 Å². The summed E-state index contributed by atoms with van der Waals surface area (Å²) < 4.78 is 44.0. The topological polar surface area (TPSA) is 28.6 Å². The van der Waals surface area contributed by atoms with Gasteiger partial charge in [-0.05, 0) is 25.6 Å². The van der Waals surface area contributed by atoms with E-state index >= 15 is 0 Å². The fourth-order valence-electron chi connectivity index (χ4n) is 2.22. The minimum Gasteiger partial charge on any atom is -0.476 e. The number of halogens is 3. The zero-order valence-electron chi connectivity index (χ0n) is 14.3. The van der Waals surface area contributed by atoms with E-state index < -0.39 is 11.7 Å². The molecule has 0 saturated carbocycles. The average Bonchev–Trinajstić information content (AvgIpc) is 2.52. The molecular formula is C16H26F3N3O. The van der Waals surface area contributed by atoms with Gasteiger partial charge in [0.2, 0.25) is 5.88 Å². The monoisotopic (exact) mass is 333 g/mol. The van der Waals surface area contributed by atoms with Crippen molar-refractivity contribution in [3.05, 3.63) is 23.4 Å². The van der Waals surface area contributed by atoms with Gasteiger partial charge in [0.1, 0.15) is 12.2 Å². The number of likely N-dealkylation sites (N-methyl/N-ethyl adjacent to an activating group) is 1. The number of hydrogen-bond acceptors (Lipinski definition) is 4. The lowest BCUT2D eigenvalue weighted by Crippen LogP contribution is -2.45. The van der Waals surface area contributed by atoms with Crippen molar-refractivity contribution >= 4 is 0 Å². The Morgan fingerprint density at radius 1 is 1.17 bits per heavy atom. The van der Waals surface area contributed by atoms with Crippen LogP contribution in [0.25, 0.3) is 0 Å². The van der Waals surface area contributed by atoms with Crippen LogP contribution in [-0.4, -0.2) is 61.2 Å². The van der Waals surface area contributed by atoms with Gasteiger partial charge in [-0.1, -0.05) is 13.8 Å². The summed E-state index contributed by atoms with van der Waals surface area (Å²) in [4.78, 5) is 8.18. The second-order valence-corrected chi connectivity index (χ2v) is 5.36. The summed E-state index contributed by atoms with van der Waals surface area (Å²) in [6, 6.07) is 1.07. The van der Waals surface area contributed by atoms with Crippen LogP contribution in [0.15, 0.2) is 12.3 Å². The minimum atomic E-state index is -4.44. The van der Waals surface area contributed by atoms with Crippen LogP contribution in [0.2, 0.25) is 0 Å². The lowest BCUT2D eigenvalue weighted by Gasteiger charge is -2.32. The highest BCUT2D eigenvalue weighted by molar-refractivity contribution is 5.31. The summed E-state index contributed by atoms with van der Waals surface area (Å²) in [7, 11) is 2.06. The van der Waals surface area contributed by atoms with Gasteiger partial charge in [-0.3, -0.25) is 4.90 Å². The molecule has 1 saturated heterocycles. The van der Waals surface area contributed by atoms with Gasteiger partial charge in [-0.2, -0.15) is 13.2 Å². The van der Waals surface area contributed by atoms with Crippen molar-refractivity contribution in [1.82, 2.24) is 14.8 Å². The highest BCUT2D eigenvalue weighted by atomic mass is 19.4. The van der Waals surface area contributed by atoms with Crippen molar-refractivity contribution in [2.45, 2.75) is 26.9 Å². The maximum Gasteiger partial charge on any atom is 0.421 e. The van der Waals surface area contributed by atoms with Crippen LogP contribution in [0, 0.1) is 6.92 Å². The standard InChI is InChI=1S/C14H20F3N3O.C2H6/c1-11-9-12(14(15,16)17)13(18-10-11)21-8-7-20-5-3-19(2)4-6-20;1-2/h9-10H,3-8H2,1-2H3;1-2H3. The van der Waals surface area contributed by atoms with Gasteiger partial charge in [-0.25, -0.2) is 4.98 Å². The molecule has 0 aliphatic carbocycles. The summed E-state index contributed by atoms with van der Waals surface area (Å²) in [5.74, 6) is -0.331. The number of rotatable bonds is 4. The molecule has 4 nitrogen and oxygen atoms in total. The van der Waals surface area contributed by atoms with Gasteiger partial charge in [0.15, 0.2) is 0 Å². The van der Waals surface area contributed by atoms with Crippen molar-refractivity contribution < 1.29 is 17.9 Å². The lowest BCUT2D eigenvalue weighted by atomic mass is 10.2. The Morgan fingerprint density at radius 2 is 1.78 bits per heavy atom. The molecule has 0 N–H and O–H groups in total. The van der Waals surface area contributed by atoms with Crippen LogP contribution in [0.4, 0.5) is 13.2 Å². The summed E-state index contributed by atoms with van der Waals surface area (Å²) in [6.45, 7) is 10.2. The molecule has 23 heavy (non-hydrogen) atoms. The summed E-state index contributed by atoms with van der Waals surface area (Å²) in [6.07, 6.45) is -3.05. The fourth-order valence-corrected chi connectivity index (χ4v) is 2.22. The molecule has 7 heteroatoms. The first-order valence-electron chi connectivity index (χ1n) is 7.94. The SMILES string of the molecule is CC.Cc1cnc(OCCN2CCN(C)CC2)c(C(F)(F)F)c1. The van der Waals surface area contributed by atoms with Crippen LogP contribution < -0.4 is 4.74 Å². The molecule has 0 radical (unpaired) electrons. The van der Waals surface area contributed by atoms with Crippen molar-refractivity contribution in [3.8, 4) is 5.88 Å². The zero-order chi connectivity index (χ0) is 17.5. The zero-order valence-corrected chi connectivity index (χ0v) is 14.3. The van der Waals surface area contributed by atoms with E-state index in [1.807, 2.05) is 13.8 Å². The summed E-state index contributed by atoms with van der Waals surface area (Å²) in [5, 5.41) is 0. The van der Waals surface area contributed by atoms with Crippen molar-refractivity contribution in [2.75, 3.05) is 46.4 Å². The normalized spacial score (nSPS) is 16.7. The van der Waals surface area contributed by atoms with Crippen molar-refractivity contribution in [2.24, 2.45) is 0 Å². The highest BCUT2D eigenvalue weighted by Crippen LogP contribution is 2.35. The molecular weight excluding hydrogens is 307 g/mol. The van der Waals surface area contributed by atoms with E-state index in [1.54, 1.807) is 6.92 Å². The number of ether oxygens (including phenoxy) is 1. The molecule has 0 unspecified atom stereocenters. The highest BCUT2D eigenvalue weighted by Gasteiger charge is 2.35. The molecule has 2 rings (SSSR count). The van der Waals surface area contributed by atoms with Gasteiger partial charge in [0.05, 0.1) is 0 Å². The molecule has 1 aromatic heterocycles. The second-order valence-electron chi connectivity index (χ2n) is 5.36. The van der Waals surface area contributed by atoms with Gasteiger partial charge in [-0.15, -0.1) is 0 Å². The lowest BCUT2D eigenvalue weighted by molar-refractivity contribution is -0.139. The molecule has 132 valence electrons. The number of alkyl halides is 3.